The van der Waals surface area contributed by atoms with E-state index in [1.807, 2.05) is 0 Å². The topological polar surface area (TPSA) is 76.3 Å². The lowest BCUT2D eigenvalue weighted by molar-refractivity contribution is 0.465. The van der Waals surface area contributed by atoms with Gasteiger partial charge in [0.05, 0.1) is 4.90 Å². The summed E-state index contributed by atoms with van der Waals surface area (Å²) in [4.78, 5) is 0.267. The first-order chi connectivity index (χ1) is 13.5. The zero-order valence-electron chi connectivity index (χ0n) is 14.9. The first kappa shape index (κ1) is 19.1. The number of hydrogen-bond acceptors (Lipinski definition) is 6. The Kier molecular flexibility index (Phi) is 5.47. The quantitative estimate of drug-likeness (QED) is 0.563. The molecule has 0 amide bonds. The largest absolute Gasteiger partial charge is 0.411 e. The van der Waals surface area contributed by atoms with E-state index in [1.165, 1.54) is 28.2 Å². The van der Waals surface area contributed by atoms with Crippen molar-refractivity contribution in [2.24, 2.45) is 0 Å². The van der Waals surface area contributed by atoms with Crippen molar-refractivity contribution in [1.29, 1.82) is 0 Å². The second kappa shape index (κ2) is 8.02. The molecule has 0 N–H and O–H groups in total. The van der Waals surface area contributed by atoms with Crippen molar-refractivity contribution in [2.45, 2.75) is 28.7 Å². The smallest absolute Gasteiger partial charge is 0.277 e. The van der Waals surface area contributed by atoms with Crippen LogP contribution in [0.15, 0.2) is 63.1 Å². The first-order valence-corrected chi connectivity index (χ1v) is 11.3. The van der Waals surface area contributed by atoms with Gasteiger partial charge in [-0.25, -0.2) is 12.8 Å². The number of halogens is 1. The summed E-state index contributed by atoms with van der Waals surface area (Å²) >= 11 is 1.35. The normalized spacial score (nSPS) is 15.2. The third kappa shape index (κ3) is 4.11. The molecule has 9 heteroatoms. The van der Waals surface area contributed by atoms with Gasteiger partial charge in [-0.3, -0.25) is 0 Å². The molecule has 28 heavy (non-hydrogen) atoms. The summed E-state index contributed by atoms with van der Waals surface area (Å²) in [5, 5.41) is 8.43. The molecule has 2 heterocycles. The fourth-order valence-corrected chi connectivity index (χ4v) is 5.19. The van der Waals surface area contributed by atoms with Gasteiger partial charge in [0.1, 0.15) is 5.82 Å². The second-order valence-corrected chi connectivity index (χ2v) is 9.29. The Morgan fingerprint density at radius 1 is 1.00 bits per heavy atom. The van der Waals surface area contributed by atoms with E-state index >= 15 is 0 Å². The Morgan fingerprint density at radius 3 is 2.36 bits per heavy atom. The van der Waals surface area contributed by atoms with Gasteiger partial charge in [0.15, 0.2) is 0 Å². The summed E-state index contributed by atoms with van der Waals surface area (Å²) in [6.07, 6.45) is 1.80. The average Bonchev–Trinajstić information content (AvgIpc) is 3.40. The minimum absolute atomic E-state index is 0.267. The van der Waals surface area contributed by atoms with Crippen LogP contribution >= 0.6 is 11.8 Å². The Hall–Kier alpha value is -2.23. The molecule has 3 aromatic rings. The van der Waals surface area contributed by atoms with Gasteiger partial charge in [-0.15, -0.1) is 10.2 Å². The Bertz CT molecular complexity index is 1040. The van der Waals surface area contributed by atoms with Crippen LogP contribution < -0.4 is 0 Å². The maximum Gasteiger partial charge on any atom is 0.277 e. The summed E-state index contributed by atoms with van der Waals surface area (Å²) in [7, 11) is -3.44. The van der Waals surface area contributed by atoms with Crippen molar-refractivity contribution in [1.82, 2.24) is 14.5 Å². The zero-order valence-corrected chi connectivity index (χ0v) is 16.5. The molecule has 0 saturated carbocycles. The van der Waals surface area contributed by atoms with Crippen LogP contribution in [-0.4, -0.2) is 36.0 Å². The van der Waals surface area contributed by atoms with Crippen molar-refractivity contribution in [2.75, 3.05) is 13.1 Å². The molecular weight excluding hydrogens is 401 g/mol. The molecule has 4 rings (SSSR count). The summed E-state index contributed by atoms with van der Waals surface area (Å²) < 4.78 is 45.3. The van der Waals surface area contributed by atoms with E-state index in [1.54, 1.807) is 36.4 Å². The van der Waals surface area contributed by atoms with Gasteiger partial charge in [-0.1, -0.05) is 23.9 Å². The van der Waals surface area contributed by atoms with E-state index in [-0.39, 0.29) is 10.7 Å². The van der Waals surface area contributed by atoms with Crippen LogP contribution in [-0.2, 0) is 15.8 Å². The highest BCUT2D eigenvalue weighted by Gasteiger charge is 2.27. The molecule has 0 atom stereocenters. The summed E-state index contributed by atoms with van der Waals surface area (Å²) in [5.41, 5.74) is 1.60. The highest BCUT2D eigenvalue weighted by atomic mass is 32.2. The van der Waals surface area contributed by atoms with Gasteiger partial charge >= 0.3 is 0 Å². The lowest BCUT2D eigenvalue weighted by Gasteiger charge is -2.15. The monoisotopic (exact) mass is 419 g/mol. The van der Waals surface area contributed by atoms with E-state index in [0.29, 0.717) is 35.5 Å². The minimum atomic E-state index is -3.44. The van der Waals surface area contributed by atoms with Crippen molar-refractivity contribution in [3.05, 3.63) is 59.9 Å². The number of aromatic nitrogens is 2. The third-order valence-corrected chi connectivity index (χ3v) is 7.29. The lowest BCUT2D eigenvalue weighted by atomic mass is 10.2. The molecule has 0 unspecified atom stereocenters. The predicted molar refractivity (Wildman–Crippen MR) is 104 cm³/mol. The average molecular weight is 420 g/mol. The Balaban J connectivity index is 1.44. The van der Waals surface area contributed by atoms with Gasteiger partial charge in [-0.2, -0.15) is 4.31 Å². The molecule has 1 aromatic heterocycles. The first-order valence-electron chi connectivity index (χ1n) is 8.84. The van der Waals surface area contributed by atoms with Crippen molar-refractivity contribution in [3.63, 3.8) is 0 Å². The van der Waals surface area contributed by atoms with Gasteiger partial charge in [-0.05, 0) is 54.8 Å². The van der Waals surface area contributed by atoms with Crippen molar-refractivity contribution < 1.29 is 17.2 Å². The van der Waals surface area contributed by atoms with E-state index in [4.69, 9.17) is 4.42 Å². The van der Waals surface area contributed by atoms with Gasteiger partial charge in [0, 0.05) is 24.4 Å². The molecule has 146 valence electrons. The summed E-state index contributed by atoms with van der Waals surface area (Å²) in [5.74, 6) is 0.630. The zero-order chi connectivity index (χ0) is 19.6. The summed E-state index contributed by atoms with van der Waals surface area (Å²) in [6, 6.07) is 12.7. The molecular formula is C19H18FN3O3S2. The fourth-order valence-electron chi connectivity index (χ4n) is 2.96. The SMILES string of the molecule is O=S(=O)(c1ccc(-c2nnc(SCc3ccc(F)cc3)o2)cc1)N1CCCC1. The number of sulfonamides is 1. The third-order valence-electron chi connectivity index (χ3n) is 4.49. The molecule has 1 aliphatic rings. The van der Waals surface area contributed by atoms with E-state index in [2.05, 4.69) is 10.2 Å². The van der Waals surface area contributed by atoms with E-state index in [0.717, 1.165) is 18.4 Å². The van der Waals surface area contributed by atoms with Crippen molar-refractivity contribution >= 4 is 21.8 Å². The van der Waals surface area contributed by atoms with E-state index in [9.17, 15) is 12.8 Å². The molecule has 2 aromatic carbocycles. The van der Waals surface area contributed by atoms with Crippen LogP contribution in [0, 0.1) is 5.82 Å². The molecule has 0 radical (unpaired) electrons. The molecule has 1 aliphatic heterocycles. The van der Waals surface area contributed by atoms with Crippen LogP contribution in [0.5, 0.6) is 0 Å². The number of hydrogen-bond donors (Lipinski definition) is 0. The van der Waals surface area contributed by atoms with Crippen LogP contribution in [0.1, 0.15) is 18.4 Å². The van der Waals surface area contributed by atoms with Gasteiger partial charge in [0.2, 0.25) is 15.9 Å². The molecule has 0 spiro atoms. The van der Waals surface area contributed by atoms with Crippen LogP contribution in [0.25, 0.3) is 11.5 Å². The highest BCUT2D eigenvalue weighted by Crippen LogP contribution is 2.27. The highest BCUT2D eigenvalue weighted by molar-refractivity contribution is 7.98. The second-order valence-electron chi connectivity index (χ2n) is 6.42. The van der Waals surface area contributed by atoms with Crippen LogP contribution in [0.3, 0.4) is 0 Å². The Morgan fingerprint density at radius 2 is 1.68 bits per heavy atom. The number of benzene rings is 2. The fraction of sp³-hybridized carbons (Fsp3) is 0.263. The number of nitrogens with zero attached hydrogens (tertiary/aromatic N) is 3. The van der Waals surface area contributed by atoms with E-state index < -0.39 is 10.0 Å². The molecule has 1 saturated heterocycles. The molecule has 6 nitrogen and oxygen atoms in total. The lowest BCUT2D eigenvalue weighted by Crippen LogP contribution is -2.27. The van der Waals surface area contributed by atoms with Crippen molar-refractivity contribution in [3.8, 4) is 11.5 Å². The maximum atomic E-state index is 12.9. The predicted octanol–water partition coefficient (Wildman–Crippen LogP) is 3.95. The van der Waals surface area contributed by atoms with Gasteiger partial charge < -0.3 is 4.42 Å². The van der Waals surface area contributed by atoms with Crippen LogP contribution in [0.2, 0.25) is 0 Å². The Labute approximate surface area is 166 Å². The number of thioether (sulfide) groups is 1. The molecule has 0 bridgehead atoms. The van der Waals surface area contributed by atoms with Gasteiger partial charge in [0.25, 0.3) is 5.22 Å². The molecule has 0 aliphatic carbocycles. The number of rotatable bonds is 6. The maximum absolute atomic E-state index is 12.9. The molecule has 1 fully saturated rings. The minimum Gasteiger partial charge on any atom is -0.411 e. The standard InChI is InChI=1S/C19H18FN3O3S2/c20-16-7-3-14(4-8-16)13-27-19-22-21-18(26-19)15-5-9-17(10-6-15)28(24,25)23-11-1-2-12-23/h3-10H,1-2,11-13H2. The summed E-state index contributed by atoms with van der Waals surface area (Å²) in [6.45, 7) is 1.14. The van der Waals surface area contributed by atoms with Crippen LogP contribution in [0.4, 0.5) is 4.39 Å².